The van der Waals surface area contributed by atoms with E-state index in [0.717, 1.165) is 25.5 Å². The summed E-state index contributed by atoms with van der Waals surface area (Å²) in [5, 5.41) is 3.54. The first-order valence-corrected chi connectivity index (χ1v) is 6.35. The second kappa shape index (κ2) is 6.46. The second-order valence-electron chi connectivity index (χ2n) is 4.77. The molecule has 0 aromatic rings. The van der Waals surface area contributed by atoms with Gasteiger partial charge in [0.2, 0.25) is 0 Å². The molecule has 1 saturated carbocycles. The molecule has 1 unspecified atom stereocenters. The zero-order valence-corrected chi connectivity index (χ0v) is 9.54. The van der Waals surface area contributed by atoms with Crippen LogP contribution < -0.4 is 5.32 Å². The lowest BCUT2D eigenvalue weighted by atomic mass is 9.89. The van der Waals surface area contributed by atoms with E-state index < -0.39 is 0 Å². The summed E-state index contributed by atoms with van der Waals surface area (Å²) in [5.74, 6) is 0.915. The first kappa shape index (κ1) is 11.4. The van der Waals surface area contributed by atoms with Gasteiger partial charge in [-0.05, 0) is 31.7 Å². The number of ether oxygens (including phenoxy) is 2. The van der Waals surface area contributed by atoms with Gasteiger partial charge in [-0.2, -0.15) is 0 Å². The van der Waals surface area contributed by atoms with Crippen molar-refractivity contribution < 1.29 is 9.47 Å². The van der Waals surface area contributed by atoms with Crippen LogP contribution in [-0.4, -0.2) is 32.6 Å². The van der Waals surface area contributed by atoms with E-state index in [-0.39, 0.29) is 0 Å². The zero-order chi connectivity index (χ0) is 10.3. The molecule has 1 aliphatic carbocycles. The Morgan fingerprint density at radius 3 is 2.60 bits per heavy atom. The van der Waals surface area contributed by atoms with Crippen LogP contribution in [0.1, 0.15) is 38.5 Å². The molecule has 1 saturated heterocycles. The van der Waals surface area contributed by atoms with Crippen molar-refractivity contribution in [3.63, 3.8) is 0 Å². The van der Waals surface area contributed by atoms with Crippen LogP contribution in [0.15, 0.2) is 0 Å². The molecule has 2 aliphatic rings. The van der Waals surface area contributed by atoms with Crippen molar-refractivity contribution >= 4 is 0 Å². The third-order valence-corrected chi connectivity index (χ3v) is 3.50. The Hall–Kier alpha value is -0.120. The van der Waals surface area contributed by atoms with Gasteiger partial charge < -0.3 is 14.8 Å². The van der Waals surface area contributed by atoms with Gasteiger partial charge >= 0.3 is 0 Å². The van der Waals surface area contributed by atoms with Crippen LogP contribution in [0.25, 0.3) is 0 Å². The lowest BCUT2D eigenvalue weighted by molar-refractivity contribution is -0.137. The summed E-state index contributed by atoms with van der Waals surface area (Å²) in [6, 6.07) is 0. The molecule has 0 bridgehead atoms. The number of rotatable bonds is 4. The van der Waals surface area contributed by atoms with Gasteiger partial charge in [0.15, 0.2) is 0 Å². The van der Waals surface area contributed by atoms with E-state index in [2.05, 4.69) is 5.32 Å². The van der Waals surface area contributed by atoms with Crippen molar-refractivity contribution in [2.45, 2.75) is 44.6 Å². The normalized spacial score (nSPS) is 29.2. The first-order valence-electron chi connectivity index (χ1n) is 6.35. The second-order valence-corrected chi connectivity index (χ2v) is 4.77. The summed E-state index contributed by atoms with van der Waals surface area (Å²) in [6.45, 7) is 3.52. The van der Waals surface area contributed by atoms with E-state index in [1.165, 1.54) is 38.6 Å². The zero-order valence-electron chi connectivity index (χ0n) is 9.54. The molecule has 0 aromatic carbocycles. The summed E-state index contributed by atoms with van der Waals surface area (Å²) in [4.78, 5) is 0. The van der Waals surface area contributed by atoms with Gasteiger partial charge in [-0.1, -0.05) is 19.3 Å². The molecule has 1 aliphatic heterocycles. The highest BCUT2D eigenvalue weighted by Gasteiger charge is 2.16. The Bertz CT molecular complexity index is 145. The van der Waals surface area contributed by atoms with Gasteiger partial charge in [0.1, 0.15) is 6.79 Å². The third-order valence-electron chi connectivity index (χ3n) is 3.50. The van der Waals surface area contributed by atoms with Crippen LogP contribution in [0.3, 0.4) is 0 Å². The molecular formula is C12H23NO2. The molecule has 3 nitrogen and oxygen atoms in total. The fourth-order valence-corrected chi connectivity index (χ4v) is 2.50. The molecule has 2 fully saturated rings. The SMILES string of the molecule is C1CCC(CNCC2CCOCO2)CC1. The minimum absolute atomic E-state index is 0.377. The maximum absolute atomic E-state index is 5.48. The van der Waals surface area contributed by atoms with Crippen molar-refractivity contribution in [1.82, 2.24) is 5.32 Å². The Morgan fingerprint density at radius 2 is 1.87 bits per heavy atom. The lowest BCUT2D eigenvalue weighted by Gasteiger charge is -2.25. The molecule has 1 heterocycles. The highest BCUT2D eigenvalue weighted by molar-refractivity contribution is 4.70. The van der Waals surface area contributed by atoms with Crippen molar-refractivity contribution in [3.05, 3.63) is 0 Å². The Kier molecular flexibility index (Phi) is 4.90. The summed E-state index contributed by atoms with van der Waals surface area (Å²) < 4.78 is 10.6. The largest absolute Gasteiger partial charge is 0.355 e. The van der Waals surface area contributed by atoms with Crippen molar-refractivity contribution in [3.8, 4) is 0 Å². The number of nitrogens with one attached hydrogen (secondary N) is 1. The molecule has 1 atom stereocenters. The fourth-order valence-electron chi connectivity index (χ4n) is 2.50. The monoisotopic (exact) mass is 213 g/mol. The molecular weight excluding hydrogens is 190 g/mol. The number of hydrogen-bond acceptors (Lipinski definition) is 3. The van der Waals surface area contributed by atoms with Crippen LogP contribution in [-0.2, 0) is 9.47 Å². The Morgan fingerprint density at radius 1 is 1.00 bits per heavy atom. The van der Waals surface area contributed by atoms with E-state index in [1.807, 2.05) is 0 Å². The Balaban J connectivity index is 1.53. The van der Waals surface area contributed by atoms with E-state index in [1.54, 1.807) is 0 Å². The maximum atomic E-state index is 5.48. The first-order chi connectivity index (χ1) is 7.45. The summed E-state index contributed by atoms with van der Waals surface area (Å²) in [6.07, 6.45) is 8.56. The van der Waals surface area contributed by atoms with E-state index >= 15 is 0 Å². The predicted octanol–water partition coefficient (Wildman–Crippen LogP) is 1.92. The van der Waals surface area contributed by atoms with Gasteiger partial charge in [0, 0.05) is 6.54 Å². The van der Waals surface area contributed by atoms with Crippen molar-refractivity contribution in [1.29, 1.82) is 0 Å². The quantitative estimate of drug-likeness (QED) is 0.774. The summed E-state index contributed by atoms with van der Waals surface area (Å²) >= 11 is 0. The van der Waals surface area contributed by atoms with Crippen LogP contribution in [0.2, 0.25) is 0 Å². The average Bonchev–Trinajstić information content (AvgIpc) is 2.32. The maximum Gasteiger partial charge on any atom is 0.147 e. The minimum atomic E-state index is 0.377. The van der Waals surface area contributed by atoms with E-state index in [0.29, 0.717) is 12.9 Å². The van der Waals surface area contributed by atoms with Crippen LogP contribution >= 0.6 is 0 Å². The molecule has 0 amide bonds. The standard InChI is InChI=1S/C12H23NO2/c1-2-4-11(5-3-1)8-13-9-12-6-7-14-10-15-12/h11-13H,1-10H2. The predicted molar refractivity (Wildman–Crippen MR) is 59.8 cm³/mol. The minimum Gasteiger partial charge on any atom is -0.355 e. The Labute approximate surface area is 92.5 Å². The van der Waals surface area contributed by atoms with E-state index in [9.17, 15) is 0 Å². The highest BCUT2D eigenvalue weighted by Crippen LogP contribution is 2.22. The summed E-state index contributed by atoms with van der Waals surface area (Å²) in [5.41, 5.74) is 0. The van der Waals surface area contributed by atoms with Crippen LogP contribution in [0.5, 0.6) is 0 Å². The van der Waals surface area contributed by atoms with Crippen LogP contribution in [0.4, 0.5) is 0 Å². The van der Waals surface area contributed by atoms with Crippen LogP contribution in [0, 0.1) is 5.92 Å². The smallest absolute Gasteiger partial charge is 0.147 e. The number of hydrogen-bond donors (Lipinski definition) is 1. The van der Waals surface area contributed by atoms with Gasteiger partial charge in [-0.15, -0.1) is 0 Å². The average molecular weight is 213 g/mol. The van der Waals surface area contributed by atoms with Gasteiger partial charge in [-0.3, -0.25) is 0 Å². The molecule has 15 heavy (non-hydrogen) atoms. The molecule has 1 N–H and O–H groups in total. The lowest BCUT2D eigenvalue weighted by Crippen LogP contribution is -2.36. The molecule has 0 aromatic heterocycles. The highest BCUT2D eigenvalue weighted by atomic mass is 16.7. The molecule has 2 rings (SSSR count). The molecule has 3 heteroatoms. The topological polar surface area (TPSA) is 30.5 Å². The molecule has 0 spiro atoms. The molecule has 0 radical (unpaired) electrons. The molecule has 88 valence electrons. The van der Waals surface area contributed by atoms with Gasteiger partial charge in [0.05, 0.1) is 12.7 Å². The summed E-state index contributed by atoms with van der Waals surface area (Å²) in [7, 11) is 0. The van der Waals surface area contributed by atoms with Gasteiger partial charge in [-0.25, -0.2) is 0 Å². The van der Waals surface area contributed by atoms with Crippen molar-refractivity contribution in [2.24, 2.45) is 5.92 Å². The fraction of sp³-hybridized carbons (Fsp3) is 1.00. The van der Waals surface area contributed by atoms with E-state index in [4.69, 9.17) is 9.47 Å². The van der Waals surface area contributed by atoms with Crippen molar-refractivity contribution in [2.75, 3.05) is 26.5 Å². The van der Waals surface area contributed by atoms with Gasteiger partial charge in [0.25, 0.3) is 0 Å². The third kappa shape index (κ3) is 4.09.